The molecule has 1 aliphatic heterocycles. The molecule has 0 bridgehead atoms. The highest BCUT2D eigenvalue weighted by molar-refractivity contribution is 7.92. The van der Waals surface area contributed by atoms with Crippen LogP contribution in [0.1, 0.15) is 18.1 Å². The zero-order valence-electron chi connectivity index (χ0n) is 12.4. The average Bonchev–Trinajstić information content (AvgIpc) is 2.55. The van der Waals surface area contributed by atoms with Crippen LogP contribution in [-0.4, -0.2) is 30.9 Å². The first kappa shape index (κ1) is 14.8. The topological polar surface area (TPSA) is 75.2 Å². The lowest BCUT2D eigenvalue weighted by atomic mass is 10.00. The van der Waals surface area contributed by atoms with Crippen molar-refractivity contribution in [1.82, 2.24) is 10.2 Å². The molecule has 0 fully saturated rings. The van der Waals surface area contributed by atoms with Crippen molar-refractivity contribution < 1.29 is 8.42 Å². The predicted octanol–water partition coefficient (Wildman–Crippen LogP) is 1.80. The molecular weight excluding hydrogens is 300 g/mol. The smallest absolute Gasteiger partial charge is 0.233 e. The molecule has 0 spiro atoms. The summed E-state index contributed by atoms with van der Waals surface area (Å²) in [5.74, 6) is 1.02. The summed E-state index contributed by atoms with van der Waals surface area (Å²) in [6.45, 7) is 3.26. The van der Waals surface area contributed by atoms with Crippen LogP contribution in [0.25, 0.3) is 0 Å². The third-order valence-electron chi connectivity index (χ3n) is 3.75. The molecule has 7 heteroatoms. The van der Waals surface area contributed by atoms with Gasteiger partial charge < -0.3 is 4.90 Å². The van der Waals surface area contributed by atoms with Gasteiger partial charge in [0, 0.05) is 13.1 Å². The summed E-state index contributed by atoms with van der Waals surface area (Å²) in [6.07, 6.45) is 0.974. The maximum absolute atomic E-state index is 11.5. The molecule has 22 heavy (non-hydrogen) atoms. The van der Waals surface area contributed by atoms with Crippen LogP contribution in [0.2, 0.25) is 0 Å². The lowest BCUT2D eigenvalue weighted by molar-refractivity contribution is 0.602. The highest BCUT2D eigenvalue weighted by atomic mass is 32.2. The maximum atomic E-state index is 11.5. The normalized spacial score (nSPS) is 14.5. The second-order valence-electron chi connectivity index (χ2n) is 5.22. The van der Waals surface area contributed by atoms with Crippen molar-refractivity contribution in [2.75, 3.05) is 21.9 Å². The molecule has 1 aliphatic rings. The molecule has 6 nitrogen and oxygen atoms in total. The molecule has 0 atom stereocenters. The van der Waals surface area contributed by atoms with Gasteiger partial charge in [0.25, 0.3) is 0 Å². The number of nitrogens with zero attached hydrogens (tertiary/aromatic N) is 3. The number of sulfonamides is 1. The van der Waals surface area contributed by atoms with Gasteiger partial charge in [-0.15, -0.1) is 10.2 Å². The molecule has 1 N–H and O–H groups in total. The van der Waals surface area contributed by atoms with Crippen molar-refractivity contribution in [1.29, 1.82) is 0 Å². The third-order valence-corrected chi connectivity index (χ3v) is 5.03. The Labute approximate surface area is 130 Å². The van der Waals surface area contributed by atoms with Crippen LogP contribution in [-0.2, 0) is 23.0 Å². The second-order valence-corrected chi connectivity index (χ2v) is 7.23. The highest BCUT2D eigenvalue weighted by Gasteiger charge is 2.17. The fourth-order valence-electron chi connectivity index (χ4n) is 2.47. The van der Waals surface area contributed by atoms with Gasteiger partial charge in [0.05, 0.1) is 5.75 Å². The Hall–Kier alpha value is -2.15. The van der Waals surface area contributed by atoms with Crippen LogP contribution in [0.3, 0.4) is 0 Å². The zero-order chi connectivity index (χ0) is 15.6. The summed E-state index contributed by atoms with van der Waals surface area (Å²) in [5, 5.41) is 8.10. The first-order valence-electron chi connectivity index (χ1n) is 7.23. The maximum Gasteiger partial charge on any atom is 0.233 e. The number of fused-ring (bicyclic) bond motifs is 1. The lowest BCUT2D eigenvalue weighted by Gasteiger charge is -2.29. The SMILES string of the molecule is CCS(=O)(=O)Nc1ccc(N2CCc3ccccc3C2)nn1. The van der Waals surface area contributed by atoms with Gasteiger partial charge >= 0.3 is 0 Å². The Morgan fingerprint density at radius 1 is 1.14 bits per heavy atom. The van der Waals surface area contributed by atoms with E-state index in [9.17, 15) is 8.42 Å². The van der Waals surface area contributed by atoms with Crippen molar-refractivity contribution in [3.05, 3.63) is 47.5 Å². The van der Waals surface area contributed by atoms with Crippen molar-refractivity contribution >= 4 is 21.7 Å². The molecule has 116 valence electrons. The van der Waals surface area contributed by atoms with Crippen molar-refractivity contribution in [3.8, 4) is 0 Å². The molecule has 3 rings (SSSR count). The Morgan fingerprint density at radius 3 is 2.59 bits per heavy atom. The van der Waals surface area contributed by atoms with E-state index in [4.69, 9.17) is 0 Å². The summed E-state index contributed by atoms with van der Waals surface area (Å²) < 4.78 is 25.4. The summed E-state index contributed by atoms with van der Waals surface area (Å²) in [4.78, 5) is 2.15. The number of anilines is 2. The summed E-state index contributed by atoms with van der Waals surface area (Å²) in [6, 6.07) is 11.8. The van der Waals surface area contributed by atoms with E-state index in [1.54, 1.807) is 19.1 Å². The second kappa shape index (κ2) is 5.92. The molecule has 0 aliphatic carbocycles. The van der Waals surface area contributed by atoms with Gasteiger partial charge in [-0.1, -0.05) is 24.3 Å². The molecule has 1 aromatic heterocycles. The van der Waals surface area contributed by atoms with Crippen molar-refractivity contribution in [2.45, 2.75) is 19.9 Å². The molecule has 2 heterocycles. The van der Waals surface area contributed by atoms with Gasteiger partial charge in [0.2, 0.25) is 10.0 Å². The average molecular weight is 318 g/mol. The minimum Gasteiger partial charge on any atom is -0.350 e. The molecule has 0 amide bonds. The minimum atomic E-state index is -3.32. The van der Waals surface area contributed by atoms with E-state index in [1.807, 2.05) is 6.07 Å². The monoisotopic (exact) mass is 318 g/mol. The molecule has 1 aromatic carbocycles. The Bertz CT molecular complexity index is 759. The van der Waals surface area contributed by atoms with Crippen molar-refractivity contribution in [2.24, 2.45) is 0 Å². The van der Waals surface area contributed by atoms with E-state index in [-0.39, 0.29) is 11.6 Å². The van der Waals surface area contributed by atoms with Crippen molar-refractivity contribution in [3.63, 3.8) is 0 Å². The minimum absolute atomic E-state index is 0.0132. The number of hydrogen-bond acceptors (Lipinski definition) is 5. The van der Waals surface area contributed by atoms with Crippen LogP contribution in [0.5, 0.6) is 0 Å². The number of aromatic nitrogens is 2. The summed E-state index contributed by atoms with van der Waals surface area (Å²) in [5.41, 5.74) is 2.67. The van der Waals surface area contributed by atoms with E-state index in [2.05, 4.69) is 38.0 Å². The summed E-state index contributed by atoms with van der Waals surface area (Å²) >= 11 is 0. The van der Waals surface area contributed by atoms with Gasteiger partial charge in [-0.2, -0.15) is 0 Å². The van der Waals surface area contributed by atoms with E-state index < -0.39 is 10.0 Å². The number of rotatable bonds is 4. The molecule has 0 saturated carbocycles. The largest absolute Gasteiger partial charge is 0.350 e. The van der Waals surface area contributed by atoms with Crippen LogP contribution in [0, 0.1) is 0 Å². The Kier molecular flexibility index (Phi) is 3.98. The fourth-order valence-corrected chi connectivity index (χ4v) is 3.04. The first-order chi connectivity index (χ1) is 10.6. The van der Waals surface area contributed by atoms with Gasteiger partial charge in [0.15, 0.2) is 11.6 Å². The van der Waals surface area contributed by atoms with Crippen LogP contribution >= 0.6 is 0 Å². The van der Waals surface area contributed by atoms with Crippen LogP contribution in [0.4, 0.5) is 11.6 Å². The third kappa shape index (κ3) is 3.19. The highest BCUT2D eigenvalue weighted by Crippen LogP contribution is 2.23. The van der Waals surface area contributed by atoms with Gasteiger partial charge in [-0.05, 0) is 36.6 Å². The van der Waals surface area contributed by atoms with E-state index in [0.29, 0.717) is 0 Å². The van der Waals surface area contributed by atoms with E-state index in [0.717, 1.165) is 25.3 Å². The zero-order valence-corrected chi connectivity index (χ0v) is 13.2. The predicted molar refractivity (Wildman–Crippen MR) is 86.3 cm³/mol. The molecule has 0 saturated heterocycles. The molecule has 0 unspecified atom stereocenters. The lowest BCUT2D eigenvalue weighted by Crippen LogP contribution is -2.31. The summed E-state index contributed by atoms with van der Waals surface area (Å²) in [7, 11) is -3.32. The molecule has 2 aromatic rings. The standard InChI is InChI=1S/C15H18N4O2S/c1-2-22(20,21)18-14-7-8-15(17-16-14)19-10-9-12-5-3-4-6-13(12)11-19/h3-8H,2,9-11H2,1H3,(H,16,18). The number of nitrogens with one attached hydrogen (secondary N) is 1. The quantitative estimate of drug-likeness (QED) is 0.930. The van der Waals surface area contributed by atoms with Gasteiger partial charge in [0.1, 0.15) is 0 Å². The van der Waals surface area contributed by atoms with Crippen LogP contribution in [0.15, 0.2) is 36.4 Å². The first-order valence-corrected chi connectivity index (χ1v) is 8.88. The van der Waals surface area contributed by atoms with Gasteiger partial charge in [-0.25, -0.2) is 8.42 Å². The Balaban J connectivity index is 1.74. The Morgan fingerprint density at radius 2 is 1.91 bits per heavy atom. The van der Waals surface area contributed by atoms with Crippen LogP contribution < -0.4 is 9.62 Å². The number of benzene rings is 1. The van der Waals surface area contributed by atoms with E-state index in [1.165, 1.54) is 11.1 Å². The fraction of sp³-hybridized carbons (Fsp3) is 0.333. The van der Waals surface area contributed by atoms with Gasteiger partial charge in [-0.3, -0.25) is 4.72 Å². The molecular formula is C15H18N4O2S. The molecule has 0 radical (unpaired) electrons. The number of hydrogen-bond donors (Lipinski definition) is 1. The van der Waals surface area contributed by atoms with E-state index >= 15 is 0 Å².